The molecule has 0 aromatic rings. The average molecular weight is 149 g/mol. The van der Waals surface area contributed by atoms with E-state index in [0.29, 0.717) is 33.2 Å². The molecule has 0 saturated heterocycles. The Kier molecular flexibility index (Phi) is 8.70. The van der Waals surface area contributed by atoms with Crippen LogP contribution in [0.4, 0.5) is 0 Å². The van der Waals surface area contributed by atoms with E-state index in [1.807, 2.05) is 0 Å². The summed E-state index contributed by atoms with van der Waals surface area (Å²) >= 11 is 0. The van der Waals surface area contributed by atoms with Gasteiger partial charge in [-0.3, -0.25) is 0 Å². The van der Waals surface area contributed by atoms with E-state index in [1.165, 1.54) is 0 Å². The zero-order chi connectivity index (χ0) is 7.66. The minimum atomic E-state index is 0.306. The summed E-state index contributed by atoms with van der Waals surface area (Å²) in [6, 6.07) is 0. The summed E-state index contributed by atoms with van der Waals surface area (Å²) < 4.78 is 14.6. The minimum absolute atomic E-state index is 0.306. The van der Waals surface area contributed by atoms with Gasteiger partial charge < -0.3 is 19.9 Å². The molecule has 0 fully saturated rings. The van der Waals surface area contributed by atoms with Crippen molar-refractivity contribution in [3.05, 3.63) is 0 Å². The van der Waals surface area contributed by atoms with Crippen molar-refractivity contribution in [2.45, 2.75) is 0 Å². The van der Waals surface area contributed by atoms with Crippen molar-refractivity contribution < 1.29 is 14.2 Å². The van der Waals surface area contributed by atoms with E-state index < -0.39 is 0 Å². The van der Waals surface area contributed by atoms with E-state index >= 15 is 0 Å². The fourth-order valence-corrected chi connectivity index (χ4v) is 0.402. The van der Waals surface area contributed by atoms with Crippen molar-refractivity contribution in [3.63, 3.8) is 0 Å². The summed E-state index contributed by atoms with van der Waals surface area (Å²) in [5, 5.41) is 0. The van der Waals surface area contributed by atoms with Gasteiger partial charge in [-0.2, -0.15) is 0 Å². The van der Waals surface area contributed by atoms with Crippen LogP contribution < -0.4 is 5.73 Å². The molecular weight excluding hydrogens is 134 g/mol. The van der Waals surface area contributed by atoms with Crippen LogP contribution in [0.3, 0.4) is 0 Å². The lowest BCUT2D eigenvalue weighted by Crippen LogP contribution is -2.12. The molecule has 0 unspecified atom stereocenters. The Morgan fingerprint density at radius 3 is 2.40 bits per heavy atom. The number of hydrogen-bond donors (Lipinski definition) is 1. The summed E-state index contributed by atoms with van der Waals surface area (Å²) in [5.74, 6) is 0. The lowest BCUT2D eigenvalue weighted by molar-refractivity contribution is -0.0632. The zero-order valence-corrected chi connectivity index (χ0v) is 6.34. The molecule has 0 aliphatic heterocycles. The molecule has 4 heteroatoms. The number of rotatable bonds is 7. The highest BCUT2D eigenvalue weighted by Crippen LogP contribution is 1.77. The van der Waals surface area contributed by atoms with Crippen LogP contribution in [0.25, 0.3) is 0 Å². The molecule has 0 bridgehead atoms. The summed E-state index contributed by atoms with van der Waals surface area (Å²) in [6.45, 7) is 2.56. The van der Waals surface area contributed by atoms with Gasteiger partial charge in [0.1, 0.15) is 6.79 Å². The Bertz CT molecular complexity index is 53.0. The second-order valence-corrected chi connectivity index (χ2v) is 1.72. The standard InChI is InChI=1S/C6H15NO3/c1-8-4-5-10-6-9-3-2-7/h2-7H2,1H3. The fourth-order valence-electron chi connectivity index (χ4n) is 0.402. The maximum Gasteiger partial charge on any atom is 0.146 e. The van der Waals surface area contributed by atoms with Crippen molar-refractivity contribution in [1.82, 2.24) is 0 Å². The highest BCUT2D eigenvalue weighted by atomic mass is 16.7. The lowest BCUT2D eigenvalue weighted by atomic mass is 10.7. The van der Waals surface area contributed by atoms with Gasteiger partial charge in [0.25, 0.3) is 0 Å². The van der Waals surface area contributed by atoms with Crippen molar-refractivity contribution in [1.29, 1.82) is 0 Å². The summed E-state index contributed by atoms with van der Waals surface area (Å²) in [5.41, 5.74) is 5.16. The molecular formula is C6H15NO3. The smallest absolute Gasteiger partial charge is 0.146 e. The highest BCUT2D eigenvalue weighted by molar-refractivity contribution is 4.26. The van der Waals surface area contributed by atoms with E-state index in [-0.39, 0.29) is 0 Å². The summed E-state index contributed by atoms with van der Waals surface area (Å²) in [6.07, 6.45) is 0. The molecule has 0 aliphatic rings. The van der Waals surface area contributed by atoms with Crippen LogP contribution in [-0.4, -0.2) is 40.3 Å². The van der Waals surface area contributed by atoms with Crippen molar-refractivity contribution in [3.8, 4) is 0 Å². The van der Waals surface area contributed by atoms with E-state index in [0.717, 1.165) is 0 Å². The first-order valence-corrected chi connectivity index (χ1v) is 3.26. The van der Waals surface area contributed by atoms with Crippen LogP contribution in [0.15, 0.2) is 0 Å². The molecule has 10 heavy (non-hydrogen) atoms. The van der Waals surface area contributed by atoms with E-state index in [9.17, 15) is 0 Å². The van der Waals surface area contributed by atoms with Gasteiger partial charge in [-0.1, -0.05) is 0 Å². The quantitative estimate of drug-likeness (QED) is 0.394. The Labute approximate surface area is 61.2 Å². The predicted octanol–water partition coefficient (Wildman–Crippen LogP) is -0.418. The predicted molar refractivity (Wildman–Crippen MR) is 37.7 cm³/mol. The van der Waals surface area contributed by atoms with Gasteiger partial charge in [-0.05, 0) is 0 Å². The lowest BCUT2D eigenvalue weighted by Gasteiger charge is -2.02. The molecule has 0 aliphatic carbocycles. The van der Waals surface area contributed by atoms with Gasteiger partial charge in [-0.15, -0.1) is 0 Å². The number of methoxy groups -OCH3 is 1. The molecule has 0 atom stereocenters. The molecule has 4 nitrogen and oxygen atoms in total. The molecule has 0 heterocycles. The van der Waals surface area contributed by atoms with Crippen molar-refractivity contribution >= 4 is 0 Å². The van der Waals surface area contributed by atoms with Gasteiger partial charge in [0.2, 0.25) is 0 Å². The van der Waals surface area contributed by atoms with Crippen LogP contribution in [0.1, 0.15) is 0 Å². The van der Waals surface area contributed by atoms with E-state index in [2.05, 4.69) is 0 Å². The third-order valence-electron chi connectivity index (χ3n) is 0.861. The average Bonchev–Trinajstić information content (AvgIpc) is 1.97. The molecule has 0 rings (SSSR count). The summed E-state index contributed by atoms with van der Waals surface area (Å²) in [4.78, 5) is 0. The molecule has 2 N–H and O–H groups in total. The largest absolute Gasteiger partial charge is 0.382 e. The number of hydrogen-bond acceptors (Lipinski definition) is 4. The molecule has 62 valence electrons. The Balaban J connectivity index is 2.65. The van der Waals surface area contributed by atoms with E-state index in [4.69, 9.17) is 19.9 Å². The van der Waals surface area contributed by atoms with Crippen LogP contribution in [0.2, 0.25) is 0 Å². The van der Waals surface area contributed by atoms with Gasteiger partial charge in [0.05, 0.1) is 19.8 Å². The zero-order valence-electron chi connectivity index (χ0n) is 6.34. The second kappa shape index (κ2) is 8.84. The van der Waals surface area contributed by atoms with Gasteiger partial charge in [0, 0.05) is 13.7 Å². The van der Waals surface area contributed by atoms with Crippen LogP contribution in [0, 0.1) is 0 Å². The molecule has 0 aromatic carbocycles. The summed E-state index contributed by atoms with van der Waals surface area (Å²) in [7, 11) is 1.63. The van der Waals surface area contributed by atoms with Gasteiger partial charge >= 0.3 is 0 Å². The Morgan fingerprint density at radius 2 is 1.80 bits per heavy atom. The van der Waals surface area contributed by atoms with Crippen molar-refractivity contribution in [2.24, 2.45) is 5.73 Å². The minimum Gasteiger partial charge on any atom is -0.382 e. The highest BCUT2D eigenvalue weighted by Gasteiger charge is 1.85. The van der Waals surface area contributed by atoms with Gasteiger partial charge in [0.15, 0.2) is 0 Å². The topological polar surface area (TPSA) is 53.7 Å². The fraction of sp³-hybridized carbons (Fsp3) is 1.00. The first-order valence-electron chi connectivity index (χ1n) is 3.26. The first-order chi connectivity index (χ1) is 4.91. The maximum atomic E-state index is 5.16. The van der Waals surface area contributed by atoms with Crippen LogP contribution >= 0.6 is 0 Å². The third kappa shape index (κ3) is 7.84. The molecule has 0 amide bonds. The molecule has 0 radical (unpaired) electrons. The molecule has 0 aromatic heterocycles. The normalized spacial score (nSPS) is 10.2. The monoisotopic (exact) mass is 149 g/mol. The Morgan fingerprint density at radius 1 is 1.10 bits per heavy atom. The van der Waals surface area contributed by atoms with Crippen LogP contribution in [-0.2, 0) is 14.2 Å². The first kappa shape index (κ1) is 9.84. The van der Waals surface area contributed by atoms with Crippen molar-refractivity contribution in [2.75, 3.05) is 40.3 Å². The molecule has 0 saturated carbocycles. The third-order valence-corrected chi connectivity index (χ3v) is 0.861. The van der Waals surface area contributed by atoms with Gasteiger partial charge in [-0.25, -0.2) is 0 Å². The second-order valence-electron chi connectivity index (χ2n) is 1.72. The molecule has 0 spiro atoms. The van der Waals surface area contributed by atoms with E-state index in [1.54, 1.807) is 7.11 Å². The SMILES string of the molecule is COCCOCOCCN. The number of nitrogens with two attached hydrogens (primary N) is 1. The Hall–Kier alpha value is -0.160. The maximum absolute atomic E-state index is 5.16. The number of ether oxygens (including phenoxy) is 3. The van der Waals surface area contributed by atoms with Crippen LogP contribution in [0.5, 0.6) is 0 Å².